The zero-order valence-corrected chi connectivity index (χ0v) is 13.4. The fourth-order valence-corrected chi connectivity index (χ4v) is 2.77. The summed E-state index contributed by atoms with van der Waals surface area (Å²) in [6, 6.07) is 15.3. The molecule has 0 aliphatic rings. The fraction of sp³-hybridized carbons (Fsp3) is 0.211. The maximum Gasteiger partial charge on any atom is 0.141 e. The molecule has 1 atom stereocenters. The Bertz CT molecular complexity index is 789. The van der Waals surface area contributed by atoms with Crippen molar-refractivity contribution in [2.24, 2.45) is 0 Å². The van der Waals surface area contributed by atoms with Crippen LogP contribution in [0.3, 0.4) is 0 Å². The van der Waals surface area contributed by atoms with Gasteiger partial charge in [-0.05, 0) is 48.7 Å². The first kappa shape index (κ1) is 15.3. The fourth-order valence-electron chi connectivity index (χ4n) is 2.77. The maximum absolute atomic E-state index is 10.7. The average Bonchev–Trinajstić information content (AvgIpc) is 2.93. The molecule has 118 valence electrons. The van der Waals surface area contributed by atoms with Gasteiger partial charge in [0.1, 0.15) is 17.6 Å². The highest BCUT2D eigenvalue weighted by Gasteiger charge is 2.17. The molecule has 0 saturated heterocycles. The Balaban J connectivity index is 2.10. The number of hydrogen-bond donors (Lipinski definition) is 1. The Kier molecular flexibility index (Phi) is 4.17. The average molecular weight is 309 g/mol. The summed E-state index contributed by atoms with van der Waals surface area (Å²) in [4.78, 5) is 0. The number of aliphatic hydroxyl groups excluding tert-OH is 1. The maximum atomic E-state index is 10.7. The number of ether oxygens (including phenoxy) is 1. The van der Waals surface area contributed by atoms with E-state index in [4.69, 9.17) is 9.26 Å². The third-order valence-corrected chi connectivity index (χ3v) is 3.92. The molecule has 0 bridgehead atoms. The summed E-state index contributed by atoms with van der Waals surface area (Å²) in [5.74, 6) is 1.43. The number of aliphatic hydroxyl groups is 1. The molecule has 23 heavy (non-hydrogen) atoms. The molecular formula is C19H19NO3. The highest BCUT2D eigenvalue weighted by Crippen LogP contribution is 2.34. The summed E-state index contributed by atoms with van der Waals surface area (Å²) in [6.07, 6.45) is -0.717. The van der Waals surface area contributed by atoms with Gasteiger partial charge in [-0.1, -0.05) is 35.5 Å². The van der Waals surface area contributed by atoms with Crippen LogP contribution in [0.5, 0.6) is 5.75 Å². The number of aromatic nitrogens is 1. The van der Waals surface area contributed by atoms with Crippen molar-refractivity contribution in [3.8, 4) is 16.9 Å². The Labute approximate surface area is 135 Å². The van der Waals surface area contributed by atoms with Crippen LogP contribution in [0.15, 0.2) is 53.1 Å². The number of nitrogens with zero attached hydrogens (tertiary/aromatic N) is 1. The van der Waals surface area contributed by atoms with Crippen LogP contribution in [0.25, 0.3) is 11.1 Å². The monoisotopic (exact) mass is 309 g/mol. The standard InChI is InChI=1S/C19H19NO3/c1-12-18(13(2)23-20-12)15-9-16(11-17(10-15)22-3)19(21)14-7-5-4-6-8-14/h4-11,19,21H,1-3H3/t19-/m0/s1. The Morgan fingerprint density at radius 2 is 1.78 bits per heavy atom. The largest absolute Gasteiger partial charge is 0.497 e. The molecule has 1 heterocycles. The lowest BCUT2D eigenvalue weighted by molar-refractivity contribution is 0.220. The van der Waals surface area contributed by atoms with Crippen molar-refractivity contribution in [3.63, 3.8) is 0 Å². The van der Waals surface area contributed by atoms with Gasteiger partial charge in [0.15, 0.2) is 0 Å². The number of methoxy groups -OCH3 is 1. The Hall–Kier alpha value is -2.59. The second-order valence-electron chi connectivity index (χ2n) is 5.51. The lowest BCUT2D eigenvalue weighted by Crippen LogP contribution is -2.01. The number of rotatable bonds is 4. The summed E-state index contributed by atoms with van der Waals surface area (Å²) in [5.41, 5.74) is 4.28. The molecule has 3 rings (SSSR count). The van der Waals surface area contributed by atoms with Crippen molar-refractivity contribution in [2.45, 2.75) is 20.0 Å². The second-order valence-corrected chi connectivity index (χ2v) is 5.51. The van der Waals surface area contributed by atoms with Crippen molar-refractivity contribution in [2.75, 3.05) is 7.11 Å². The summed E-state index contributed by atoms with van der Waals surface area (Å²) >= 11 is 0. The van der Waals surface area contributed by atoms with E-state index in [-0.39, 0.29) is 0 Å². The van der Waals surface area contributed by atoms with Gasteiger partial charge in [-0.15, -0.1) is 0 Å². The number of aryl methyl sites for hydroxylation is 2. The molecule has 0 aliphatic heterocycles. The van der Waals surface area contributed by atoms with Gasteiger partial charge in [0.25, 0.3) is 0 Å². The molecule has 2 aromatic carbocycles. The molecule has 3 aromatic rings. The van der Waals surface area contributed by atoms with Crippen LogP contribution in [0.1, 0.15) is 28.7 Å². The Morgan fingerprint density at radius 3 is 2.39 bits per heavy atom. The van der Waals surface area contributed by atoms with Crippen LogP contribution >= 0.6 is 0 Å². The minimum Gasteiger partial charge on any atom is -0.497 e. The van der Waals surface area contributed by atoms with E-state index in [0.29, 0.717) is 5.75 Å². The normalized spacial score (nSPS) is 12.2. The van der Waals surface area contributed by atoms with E-state index in [2.05, 4.69) is 5.16 Å². The van der Waals surface area contributed by atoms with E-state index in [1.165, 1.54) is 0 Å². The van der Waals surface area contributed by atoms with Gasteiger partial charge in [0, 0.05) is 5.56 Å². The topological polar surface area (TPSA) is 55.5 Å². The van der Waals surface area contributed by atoms with E-state index < -0.39 is 6.10 Å². The van der Waals surface area contributed by atoms with Crippen molar-refractivity contribution >= 4 is 0 Å². The summed E-state index contributed by atoms with van der Waals surface area (Å²) < 4.78 is 10.7. The minimum absolute atomic E-state index is 0.687. The van der Waals surface area contributed by atoms with Gasteiger partial charge < -0.3 is 14.4 Å². The van der Waals surface area contributed by atoms with Gasteiger partial charge in [0.2, 0.25) is 0 Å². The number of hydrogen-bond acceptors (Lipinski definition) is 4. The summed E-state index contributed by atoms with van der Waals surface area (Å²) in [6.45, 7) is 3.78. The van der Waals surface area contributed by atoms with Gasteiger partial charge >= 0.3 is 0 Å². The molecule has 4 nitrogen and oxygen atoms in total. The summed E-state index contributed by atoms with van der Waals surface area (Å²) in [5, 5.41) is 14.7. The zero-order chi connectivity index (χ0) is 16.4. The van der Waals surface area contributed by atoms with Gasteiger partial charge in [-0.2, -0.15) is 0 Å². The highest BCUT2D eigenvalue weighted by atomic mass is 16.5. The molecule has 0 aliphatic carbocycles. The molecule has 0 spiro atoms. The molecule has 1 aromatic heterocycles. The van der Waals surface area contributed by atoms with Crippen LogP contribution < -0.4 is 4.74 Å². The van der Waals surface area contributed by atoms with E-state index in [0.717, 1.165) is 33.7 Å². The van der Waals surface area contributed by atoms with Gasteiger partial charge in [0.05, 0.1) is 12.8 Å². The van der Waals surface area contributed by atoms with Crippen LogP contribution in [-0.4, -0.2) is 17.4 Å². The lowest BCUT2D eigenvalue weighted by atomic mass is 9.96. The van der Waals surface area contributed by atoms with Gasteiger partial charge in [-0.25, -0.2) is 0 Å². The molecule has 0 unspecified atom stereocenters. The van der Waals surface area contributed by atoms with Gasteiger partial charge in [-0.3, -0.25) is 0 Å². The number of benzene rings is 2. The lowest BCUT2D eigenvalue weighted by Gasteiger charge is -2.15. The molecule has 0 saturated carbocycles. The molecule has 0 amide bonds. The van der Waals surface area contributed by atoms with Crippen LogP contribution in [-0.2, 0) is 0 Å². The van der Waals surface area contributed by atoms with Crippen LogP contribution in [0, 0.1) is 13.8 Å². The molecular weight excluding hydrogens is 290 g/mol. The second kappa shape index (κ2) is 6.26. The predicted molar refractivity (Wildman–Crippen MR) is 88.5 cm³/mol. The minimum atomic E-state index is -0.717. The third kappa shape index (κ3) is 2.98. The first-order valence-electron chi connectivity index (χ1n) is 7.45. The molecule has 1 N–H and O–H groups in total. The predicted octanol–water partition coefficient (Wildman–Crippen LogP) is 4.05. The quantitative estimate of drug-likeness (QED) is 0.790. The van der Waals surface area contributed by atoms with Crippen LogP contribution in [0.2, 0.25) is 0 Å². The smallest absolute Gasteiger partial charge is 0.141 e. The molecule has 0 radical (unpaired) electrons. The van der Waals surface area contributed by atoms with E-state index in [1.807, 2.05) is 62.4 Å². The third-order valence-electron chi connectivity index (χ3n) is 3.92. The van der Waals surface area contributed by atoms with E-state index in [9.17, 15) is 5.11 Å². The molecule has 0 fully saturated rings. The van der Waals surface area contributed by atoms with Crippen molar-refractivity contribution in [1.29, 1.82) is 0 Å². The van der Waals surface area contributed by atoms with Crippen molar-refractivity contribution in [3.05, 3.63) is 71.1 Å². The van der Waals surface area contributed by atoms with Crippen molar-refractivity contribution in [1.82, 2.24) is 5.16 Å². The molecule has 4 heteroatoms. The van der Waals surface area contributed by atoms with E-state index in [1.54, 1.807) is 7.11 Å². The highest BCUT2D eigenvalue weighted by molar-refractivity contribution is 5.70. The van der Waals surface area contributed by atoms with Crippen LogP contribution in [0.4, 0.5) is 0 Å². The van der Waals surface area contributed by atoms with Crippen molar-refractivity contribution < 1.29 is 14.4 Å². The van der Waals surface area contributed by atoms with E-state index >= 15 is 0 Å². The summed E-state index contributed by atoms with van der Waals surface area (Å²) in [7, 11) is 1.62. The first-order chi connectivity index (χ1) is 11.1. The SMILES string of the molecule is COc1cc(-c2c(C)noc2C)cc([C@@H](O)c2ccccc2)c1. The first-order valence-corrected chi connectivity index (χ1v) is 7.45. The Morgan fingerprint density at radius 1 is 1.04 bits per heavy atom. The zero-order valence-electron chi connectivity index (χ0n) is 13.4.